The Bertz CT molecular complexity index is 1320. The average Bonchev–Trinajstić information content (AvgIpc) is 3.30. The molecule has 0 radical (unpaired) electrons. The number of nitrogens with zero attached hydrogens (tertiary/aromatic N) is 5. The molecule has 1 unspecified atom stereocenters. The number of amides is 1. The molecule has 1 heterocycles. The average molecular weight is 585 g/mol. The highest BCUT2D eigenvalue weighted by Gasteiger charge is 2.28. The lowest BCUT2D eigenvalue weighted by Gasteiger charge is -2.22. The van der Waals surface area contributed by atoms with Crippen LogP contribution in [0, 0.1) is 13.8 Å². The van der Waals surface area contributed by atoms with Crippen LogP contribution in [-0.4, -0.2) is 62.9 Å². The molecule has 3 rings (SSSR count). The van der Waals surface area contributed by atoms with E-state index in [0.717, 1.165) is 39.0 Å². The number of ketones is 1. The van der Waals surface area contributed by atoms with E-state index in [1.165, 1.54) is 16.6 Å². The van der Waals surface area contributed by atoms with Gasteiger partial charge in [-0.05, 0) is 80.4 Å². The van der Waals surface area contributed by atoms with Gasteiger partial charge in [-0.3, -0.25) is 14.4 Å². The van der Waals surface area contributed by atoms with Crippen LogP contribution in [0.2, 0.25) is 0 Å². The van der Waals surface area contributed by atoms with Crippen LogP contribution in [0.25, 0.3) is 0 Å². The zero-order valence-corrected chi connectivity index (χ0v) is 25.6. The van der Waals surface area contributed by atoms with Crippen LogP contribution >= 0.6 is 23.5 Å². The van der Waals surface area contributed by atoms with Crippen LogP contribution in [0.1, 0.15) is 43.9 Å². The second-order valence-corrected chi connectivity index (χ2v) is 12.4. The minimum absolute atomic E-state index is 0.262. The molecule has 0 saturated heterocycles. The van der Waals surface area contributed by atoms with Crippen molar-refractivity contribution in [2.75, 3.05) is 19.0 Å². The van der Waals surface area contributed by atoms with Crippen molar-refractivity contribution >= 4 is 46.2 Å². The molecular formula is C28H36N6O4S2. The molecule has 0 aliphatic rings. The fourth-order valence-corrected chi connectivity index (χ4v) is 5.28. The molecule has 2 aromatic carbocycles. The monoisotopic (exact) mass is 584 g/mol. The quantitative estimate of drug-likeness (QED) is 0.314. The summed E-state index contributed by atoms with van der Waals surface area (Å²) < 4.78 is 5.39. The highest BCUT2D eigenvalue weighted by Crippen LogP contribution is 2.33. The second kappa shape index (κ2) is 13.8. The molecule has 1 atom stereocenters. The fourth-order valence-electron chi connectivity index (χ4n) is 3.73. The Balaban J connectivity index is 1.69. The lowest BCUT2D eigenvalue weighted by atomic mass is 10.1. The summed E-state index contributed by atoms with van der Waals surface area (Å²) in [5.74, 6) is -0.593. The largest absolute Gasteiger partial charge is 0.460 e. The fraction of sp³-hybridized carbons (Fsp3) is 0.429. The first kappa shape index (κ1) is 31.2. The lowest BCUT2D eigenvalue weighted by molar-refractivity contribution is -0.156. The van der Waals surface area contributed by atoms with Crippen LogP contribution in [-0.2, 0) is 26.6 Å². The second-order valence-electron chi connectivity index (χ2n) is 10.5. The number of anilines is 1. The molecule has 3 aromatic rings. The van der Waals surface area contributed by atoms with Crippen molar-refractivity contribution in [3.8, 4) is 0 Å². The van der Waals surface area contributed by atoms with E-state index >= 15 is 0 Å². The smallest absolute Gasteiger partial charge is 0.308 e. The highest BCUT2D eigenvalue weighted by atomic mass is 32.2. The third-order valence-corrected chi connectivity index (χ3v) is 7.62. The molecule has 0 aliphatic heterocycles. The van der Waals surface area contributed by atoms with Crippen molar-refractivity contribution in [1.29, 1.82) is 0 Å². The van der Waals surface area contributed by atoms with Gasteiger partial charge in [-0.25, -0.2) is 0 Å². The van der Waals surface area contributed by atoms with Gasteiger partial charge in [0.05, 0.1) is 6.42 Å². The number of benzene rings is 2. The Labute approximate surface area is 243 Å². The van der Waals surface area contributed by atoms with Crippen molar-refractivity contribution in [2.24, 2.45) is 0 Å². The Hall–Kier alpha value is -3.38. The summed E-state index contributed by atoms with van der Waals surface area (Å²) in [4.78, 5) is 42.7. The number of rotatable bonds is 11. The van der Waals surface area contributed by atoms with Gasteiger partial charge in [-0.2, -0.15) is 4.80 Å². The predicted octanol–water partition coefficient (Wildman–Crippen LogP) is 4.82. The van der Waals surface area contributed by atoms with Crippen molar-refractivity contribution in [3.05, 3.63) is 59.2 Å². The summed E-state index contributed by atoms with van der Waals surface area (Å²) in [6.07, 6.45) is -0.305. The summed E-state index contributed by atoms with van der Waals surface area (Å²) in [6.45, 7) is 9.01. The number of ether oxygens (including phenoxy) is 1. The number of Topliss-reactive ketones (excluding diaryl/α,β-unsaturated/α-hetero) is 1. The van der Waals surface area contributed by atoms with Gasteiger partial charge in [0, 0.05) is 30.4 Å². The molecule has 0 fully saturated rings. The van der Waals surface area contributed by atoms with Crippen molar-refractivity contribution in [2.45, 2.75) is 75.0 Å². The Morgan fingerprint density at radius 3 is 2.33 bits per heavy atom. The van der Waals surface area contributed by atoms with Gasteiger partial charge >= 0.3 is 5.97 Å². The van der Waals surface area contributed by atoms with Gasteiger partial charge in [0.1, 0.15) is 18.2 Å². The highest BCUT2D eigenvalue weighted by molar-refractivity contribution is 8.12. The predicted molar refractivity (Wildman–Crippen MR) is 158 cm³/mol. The number of hydrogen-bond acceptors (Lipinski definition) is 10. The zero-order valence-electron chi connectivity index (χ0n) is 23.9. The first-order valence-corrected chi connectivity index (χ1v) is 14.6. The topological polar surface area (TPSA) is 119 Å². The molecule has 1 N–H and O–H groups in total. The van der Waals surface area contributed by atoms with Gasteiger partial charge in [0.15, 0.2) is 5.78 Å². The first-order chi connectivity index (χ1) is 18.8. The molecule has 0 saturated carbocycles. The number of esters is 1. The summed E-state index contributed by atoms with van der Waals surface area (Å²) >= 11 is 2.39. The number of aromatic nitrogens is 4. The number of carbonyl (C=O) groups is 3. The lowest BCUT2D eigenvalue weighted by Crippen LogP contribution is -2.43. The summed E-state index contributed by atoms with van der Waals surface area (Å²) in [6, 6.07) is 12.6. The SMILES string of the molecule is Cc1cc(N(C)C)cc(C)c1Sc1nnn(CC(=O)C(CC(=O)OC(C)(C)C)NC(=O)SCc2ccccc2)n1. The van der Waals surface area contributed by atoms with E-state index < -0.39 is 28.6 Å². The van der Waals surface area contributed by atoms with E-state index in [-0.39, 0.29) is 13.0 Å². The summed E-state index contributed by atoms with van der Waals surface area (Å²) in [5.41, 5.74) is 3.50. The molecule has 214 valence electrons. The number of aryl methyl sites for hydroxylation is 2. The third kappa shape index (κ3) is 9.67. The first-order valence-electron chi connectivity index (χ1n) is 12.8. The van der Waals surface area contributed by atoms with Gasteiger partial charge in [-0.1, -0.05) is 42.1 Å². The normalized spacial score (nSPS) is 12.1. The van der Waals surface area contributed by atoms with Crippen molar-refractivity contribution < 1.29 is 19.1 Å². The number of thioether (sulfide) groups is 1. The molecule has 0 spiro atoms. The maximum Gasteiger partial charge on any atom is 0.308 e. The Morgan fingerprint density at radius 2 is 1.73 bits per heavy atom. The van der Waals surface area contributed by atoms with Gasteiger partial charge < -0.3 is 15.0 Å². The van der Waals surface area contributed by atoms with E-state index in [1.54, 1.807) is 20.8 Å². The molecular weight excluding hydrogens is 548 g/mol. The van der Waals surface area contributed by atoms with Crippen molar-refractivity contribution in [1.82, 2.24) is 25.5 Å². The molecule has 12 heteroatoms. The maximum absolute atomic E-state index is 13.2. The van der Waals surface area contributed by atoms with E-state index in [1.807, 2.05) is 63.2 Å². The van der Waals surface area contributed by atoms with Crippen molar-refractivity contribution in [3.63, 3.8) is 0 Å². The van der Waals surface area contributed by atoms with E-state index in [2.05, 4.69) is 32.9 Å². The summed E-state index contributed by atoms with van der Waals surface area (Å²) in [5, 5.41) is 15.1. The molecule has 1 aromatic heterocycles. The molecule has 10 nitrogen and oxygen atoms in total. The van der Waals surface area contributed by atoms with Crippen LogP contribution in [0.5, 0.6) is 0 Å². The van der Waals surface area contributed by atoms with Gasteiger partial charge in [-0.15, -0.1) is 10.2 Å². The van der Waals surface area contributed by atoms with Crippen LogP contribution < -0.4 is 10.2 Å². The molecule has 40 heavy (non-hydrogen) atoms. The molecule has 0 bridgehead atoms. The summed E-state index contributed by atoms with van der Waals surface area (Å²) in [7, 11) is 3.98. The zero-order chi connectivity index (χ0) is 29.4. The number of tetrazole rings is 1. The maximum atomic E-state index is 13.2. The minimum Gasteiger partial charge on any atom is -0.460 e. The van der Waals surface area contributed by atoms with Crippen LogP contribution in [0.15, 0.2) is 52.5 Å². The van der Waals surface area contributed by atoms with E-state index in [0.29, 0.717) is 10.9 Å². The van der Waals surface area contributed by atoms with Gasteiger partial charge in [0.25, 0.3) is 5.24 Å². The minimum atomic E-state index is -1.10. The standard InChI is InChI=1S/C28H36N6O4S2/c1-18-13-21(33(6)7)14-19(2)25(18)40-26-30-32-34(31-26)16-23(35)22(15-24(36)38-28(3,4)5)29-27(37)39-17-20-11-9-8-10-12-20/h8-14,22H,15-17H2,1-7H3,(H,29,37). The van der Waals surface area contributed by atoms with Crippen LogP contribution in [0.4, 0.5) is 10.5 Å². The molecule has 1 amide bonds. The van der Waals surface area contributed by atoms with Crippen LogP contribution in [0.3, 0.4) is 0 Å². The van der Waals surface area contributed by atoms with E-state index in [4.69, 9.17) is 4.74 Å². The Kier molecular flexibility index (Phi) is 10.7. The molecule has 0 aliphatic carbocycles. The number of carbonyl (C=O) groups excluding carboxylic acids is 3. The van der Waals surface area contributed by atoms with E-state index in [9.17, 15) is 14.4 Å². The number of nitrogens with one attached hydrogen (secondary N) is 1. The number of hydrogen-bond donors (Lipinski definition) is 1. The Morgan fingerprint density at radius 1 is 1.07 bits per heavy atom. The third-order valence-electron chi connectivity index (χ3n) is 5.57. The van der Waals surface area contributed by atoms with Gasteiger partial charge in [0.2, 0.25) is 5.16 Å².